The van der Waals surface area contributed by atoms with E-state index in [9.17, 15) is 4.79 Å². The number of amides is 1. The van der Waals surface area contributed by atoms with E-state index in [1.165, 1.54) is 0 Å². The average molecular weight is 346 g/mol. The molecule has 1 atom stereocenters. The normalized spacial score (nSPS) is 12.3. The van der Waals surface area contributed by atoms with Crippen LogP contribution in [0.25, 0.3) is 5.65 Å². The van der Waals surface area contributed by atoms with Crippen molar-refractivity contribution in [1.82, 2.24) is 24.9 Å². The molecule has 3 heterocycles. The summed E-state index contributed by atoms with van der Waals surface area (Å²) in [7, 11) is 0. The van der Waals surface area contributed by atoms with Crippen LogP contribution in [0.4, 0.5) is 0 Å². The minimum absolute atomic E-state index is 0.248. The van der Waals surface area contributed by atoms with Gasteiger partial charge in [0, 0.05) is 16.9 Å². The van der Waals surface area contributed by atoms with E-state index in [0.717, 1.165) is 10.1 Å². The lowest BCUT2D eigenvalue weighted by Gasteiger charge is -2.11. The zero-order chi connectivity index (χ0) is 14.8. The van der Waals surface area contributed by atoms with Crippen molar-refractivity contribution in [3.63, 3.8) is 0 Å². The van der Waals surface area contributed by atoms with Crippen molar-refractivity contribution >= 4 is 27.5 Å². The molecule has 106 valence electrons. The molecule has 0 fully saturated rings. The number of hydrogen-bond acceptors (Lipinski definition) is 4. The molecule has 0 aromatic carbocycles. The number of aromatic nitrogens is 4. The van der Waals surface area contributed by atoms with Gasteiger partial charge in [0.15, 0.2) is 11.5 Å². The minimum Gasteiger partial charge on any atom is -0.341 e. The number of carbonyl (C=O) groups excluding carboxylic acids is 1. The molecule has 0 aliphatic heterocycles. The van der Waals surface area contributed by atoms with Gasteiger partial charge in [-0.3, -0.25) is 9.20 Å². The van der Waals surface area contributed by atoms with Crippen LogP contribution in [0.1, 0.15) is 29.3 Å². The first-order valence-electron chi connectivity index (χ1n) is 6.37. The Bertz CT molecular complexity index is 783. The molecule has 1 unspecified atom stereocenters. The van der Waals surface area contributed by atoms with Crippen LogP contribution in [0.15, 0.2) is 47.2 Å². The van der Waals surface area contributed by atoms with Crippen molar-refractivity contribution in [2.75, 3.05) is 0 Å². The van der Waals surface area contributed by atoms with Gasteiger partial charge in [-0.15, -0.1) is 10.2 Å². The first kappa shape index (κ1) is 13.7. The molecule has 0 saturated carbocycles. The predicted octanol–water partition coefficient (Wildman–Crippen LogP) is 2.38. The molecule has 3 aromatic heterocycles. The van der Waals surface area contributed by atoms with Crippen LogP contribution in [0.2, 0.25) is 0 Å². The lowest BCUT2D eigenvalue weighted by molar-refractivity contribution is 0.0933. The maximum atomic E-state index is 12.2. The van der Waals surface area contributed by atoms with Gasteiger partial charge in [0.2, 0.25) is 0 Å². The van der Waals surface area contributed by atoms with Crippen molar-refractivity contribution in [2.45, 2.75) is 13.0 Å². The zero-order valence-electron chi connectivity index (χ0n) is 11.2. The molecule has 0 saturated heterocycles. The van der Waals surface area contributed by atoms with Gasteiger partial charge in [-0.05, 0) is 47.1 Å². The maximum absolute atomic E-state index is 12.2. The number of hydrogen-bond donors (Lipinski definition) is 1. The fraction of sp³-hybridized carbons (Fsp3) is 0.143. The Kier molecular flexibility index (Phi) is 3.66. The Balaban J connectivity index is 1.81. The smallest absolute Gasteiger partial charge is 0.270 e. The summed E-state index contributed by atoms with van der Waals surface area (Å²) in [5.74, 6) is 0.429. The summed E-state index contributed by atoms with van der Waals surface area (Å²) in [6.07, 6.45) is 3.46. The van der Waals surface area contributed by atoms with Gasteiger partial charge < -0.3 is 5.32 Å². The van der Waals surface area contributed by atoms with Crippen LogP contribution in [0.3, 0.4) is 0 Å². The van der Waals surface area contributed by atoms with Crippen LogP contribution in [0, 0.1) is 0 Å². The fourth-order valence-electron chi connectivity index (χ4n) is 2.00. The van der Waals surface area contributed by atoms with Gasteiger partial charge >= 0.3 is 0 Å². The van der Waals surface area contributed by atoms with Crippen LogP contribution >= 0.6 is 15.9 Å². The summed E-state index contributed by atoms with van der Waals surface area (Å²) in [5.41, 5.74) is 1.11. The van der Waals surface area contributed by atoms with E-state index in [0.29, 0.717) is 11.5 Å². The van der Waals surface area contributed by atoms with Crippen molar-refractivity contribution in [1.29, 1.82) is 0 Å². The number of pyridine rings is 2. The van der Waals surface area contributed by atoms with Crippen molar-refractivity contribution in [3.8, 4) is 0 Å². The van der Waals surface area contributed by atoms with Crippen LogP contribution in [-0.4, -0.2) is 25.5 Å². The van der Waals surface area contributed by atoms with E-state index in [-0.39, 0.29) is 11.9 Å². The Morgan fingerprint density at radius 2 is 2.14 bits per heavy atom. The quantitative estimate of drug-likeness (QED) is 0.790. The second-order valence-corrected chi connectivity index (χ2v) is 5.46. The summed E-state index contributed by atoms with van der Waals surface area (Å²) in [4.78, 5) is 16.2. The van der Waals surface area contributed by atoms with E-state index in [2.05, 4.69) is 36.4 Å². The van der Waals surface area contributed by atoms with E-state index < -0.39 is 0 Å². The lowest BCUT2D eigenvalue weighted by atomic mass is 10.2. The third kappa shape index (κ3) is 2.78. The molecule has 3 aromatic rings. The van der Waals surface area contributed by atoms with Crippen LogP contribution in [0.5, 0.6) is 0 Å². The Labute approximate surface area is 129 Å². The first-order valence-corrected chi connectivity index (χ1v) is 7.16. The van der Waals surface area contributed by atoms with E-state index in [1.54, 1.807) is 18.3 Å². The summed E-state index contributed by atoms with van der Waals surface area (Å²) in [6.45, 7) is 1.86. The minimum atomic E-state index is -0.277. The molecule has 3 rings (SSSR count). The first-order chi connectivity index (χ1) is 10.1. The number of fused-ring (bicyclic) bond motifs is 1. The lowest BCUT2D eigenvalue weighted by Crippen LogP contribution is -2.28. The Morgan fingerprint density at radius 1 is 1.29 bits per heavy atom. The molecular weight excluding hydrogens is 334 g/mol. The summed E-state index contributed by atoms with van der Waals surface area (Å²) in [5, 5.41) is 11.1. The highest BCUT2D eigenvalue weighted by Crippen LogP contribution is 2.13. The van der Waals surface area contributed by atoms with Gasteiger partial charge in [0.25, 0.3) is 5.91 Å². The molecular formula is C14H12BrN5O. The number of nitrogens with zero attached hydrogens (tertiary/aromatic N) is 4. The summed E-state index contributed by atoms with van der Waals surface area (Å²) < 4.78 is 2.68. The summed E-state index contributed by atoms with van der Waals surface area (Å²) >= 11 is 3.29. The van der Waals surface area contributed by atoms with Gasteiger partial charge in [0.1, 0.15) is 5.69 Å². The second-order valence-electron chi connectivity index (χ2n) is 4.54. The second kappa shape index (κ2) is 5.61. The molecule has 0 spiro atoms. The SMILES string of the molecule is CC(NC(=O)c1ccc(Br)cn1)c1nnc2ccccn12. The molecule has 7 heteroatoms. The molecule has 21 heavy (non-hydrogen) atoms. The van der Waals surface area contributed by atoms with Gasteiger partial charge in [-0.25, -0.2) is 4.98 Å². The number of carbonyl (C=O) groups is 1. The number of rotatable bonds is 3. The van der Waals surface area contributed by atoms with Gasteiger partial charge in [-0.2, -0.15) is 0 Å². The highest BCUT2D eigenvalue weighted by atomic mass is 79.9. The standard InChI is InChI=1S/C14H12BrN5O/c1-9(13-19-18-12-4-2-3-7-20(12)13)17-14(21)11-6-5-10(15)8-16-11/h2-9H,1H3,(H,17,21). The van der Waals surface area contributed by atoms with Crippen molar-refractivity contribution in [3.05, 3.63) is 58.7 Å². The zero-order valence-corrected chi connectivity index (χ0v) is 12.8. The largest absolute Gasteiger partial charge is 0.341 e. The number of nitrogens with one attached hydrogen (secondary N) is 1. The molecule has 1 N–H and O–H groups in total. The highest BCUT2D eigenvalue weighted by Gasteiger charge is 2.17. The molecule has 0 bridgehead atoms. The number of halogens is 1. The maximum Gasteiger partial charge on any atom is 0.270 e. The Morgan fingerprint density at radius 3 is 2.90 bits per heavy atom. The third-order valence-electron chi connectivity index (χ3n) is 3.04. The fourth-order valence-corrected chi connectivity index (χ4v) is 2.23. The van der Waals surface area contributed by atoms with Crippen molar-refractivity contribution in [2.24, 2.45) is 0 Å². The van der Waals surface area contributed by atoms with E-state index in [1.807, 2.05) is 35.7 Å². The molecule has 0 aliphatic carbocycles. The highest BCUT2D eigenvalue weighted by molar-refractivity contribution is 9.10. The molecule has 1 amide bonds. The van der Waals surface area contributed by atoms with Gasteiger partial charge in [0.05, 0.1) is 6.04 Å². The average Bonchev–Trinajstić information content (AvgIpc) is 2.92. The van der Waals surface area contributed by atoms with Crippen LogP contribution in [-0.2, 0) is 0 Å². The molecule has 6 nitrogen and oxygen atoms in total. The van der Waals surface area contributed by atoms with E-state index in [4.69, 9.17) is 0 Å². The third-order valence-corrected chi connectivity index (χ3v) is 3.50. The monoisotopic (exact) mass is 345 g/mol. The molecule has 0 aliphatic rings. The van der Waals surface area contributed by atoms with Gasteiger partial charge in [-0.1, -0.05) is 6.07 Å². The van der Waals surface area contributed by atoms with Crippen molar-refractivity contribution < 1.29 is 4.79 Å². The predicted molar refractivity (Wildman–Crippen MR) is 80.8 cm³/mol. The Hall–Kier alpha value is -2.28. The topological polar surface area (TPSA) is 72.2 Å². The molecule has 0 radical (unpaired) electrons. The van der Waals surface area contributed by atoms with Crippen LogP contribution < -0.4 is 5.32 Å². The van der Waals surface area contributed by atoms with E-state index >= 15 is 0 Å². The summed E-state index contributed by atoms with van der Waals surface area (Å²) in [6, 6.07) is 8.81.